The Labute approximate surface area is 161 Å². The summed E-state index contributed by atoms with van der Waals surface area (Å²) in [5.74, 6) is -0.169. The van der Waals surface area contributed by atoms with Gasteiger partial charge in [0.05, 0.1) is 0 Å². The van der Waals surface area contributed by atoms with Crippen LogP contribution in [0.15, 0.2) is 42.9 Å². The SMILES string of the molecule is Cc1cccc2nc(C(=O)OCC(=O)N3CCN(c4ncccn4)CC3)cn12. The fraction of sp³-hybridized carbons (Fsp3) is 0.316. The number of nitrogens with zero attached hydrogens (tertiary/aromatic N) is 6. The van der Waals surface area contributed by atoms with E-state index in [-0.39, 0.29) is 18.2 Å². The van der Waals surface area contributed by atoms with Crippen LogP contribution < -0.4 is 4.90 Å². The fourth-order valence-electron chi connectivity index (χ4n) is 3.15. The first kappa shape index (κ1) is 17.9. The van der Waals surface area contributed by atoms with Crippen LogP contribution in [0.4, 0.5) is 5.95 Å². The van der Waals surface area contributed by atoms with Crippen molar-refractivity contribution in [3.05, 3.63) is 54.2 Å². The van der Waals surface area contributed by atoms with Gasteiger partial charge >= 0.3 is 5.97 Å². The Kier molecular flexibility index (Phi) is 4.88. The van der Waals surface area contributed by atoms with E-state index in [2.05, 4.69) is 15.0 Å². The lowest BCUT2D eigenvalue weighted by Gasteiger charge is -2.34. The molecule has 4 rings (SSSR count). The van der Waals surface area contributed by atoms with Gasteiger partial charge in [0.15, 0.2) is 12.3 Å². The van der Waals surface area contributed by atoms with Crippen LogP contribution in [0.5, 0.6) is 0 Å². The van der Waals surface area contributed by atoms with Gasteiger partial charge in [0, 0.05) is 50.5 Å². The number of imidazole rings is 1. The molecule has 9 nitrogen and oxygen atoms in total. The first-order valence-corrected chi connectivity index (χ1v) is 9.03. The number of carbonyl (C=O) groups excluding carboxylic acids is 2. The summed E-state index contributed by atoms with van der Waals surface area (Å²) < 4.78 is 6.99. The average molecular weight is 380 g/mol. The third-order valence-corrected chi connectivity index (χ3v) is 4.70. The van der Waals surface area contributed by atoms with Gasteiger partial charge < -0.3 is 18.9 Å². The highest BCUT2D eigenvalue weighted by molar-refractivity contribution is 5.90. The maximum Gasteiger partial charge on any atom is 0.359 e. The summed E-state index contributed by atoms with van der Waals surface area (Å²) in [5.41, 5.74) is 1.81. The molecule has 28 heavy (non-hydrogen) atoms. The van der Waals surface area contributed by atoms with Gasteiger partial charge in [0.25, 0.3) is 5.91 Å². The number of aryl methyl sites for hydroxylation is 1. The number of piperazine rings is 1. The third-order valence-electron chi connectivity index (χ3n) is 4.70. The van der Waals surface area contributed by atoms with Gasteiger partial charge in [-0.2, -0.15) is 0 Å². The molecule has 0 bridgehead atoms. The van der Waals surface area contributed by atoms with E-state index in [0.717, 1.165) is 5.69 Å². The first-order chi connectivity index (χ1) is 13.6. The molecule has 0 atom stereocenters. The molecular weight excluding hydrogens is 360 g/mol. The minimum atomic E-state index is -0.604. The Morgan fingerprint density at radius 1 is 1.07 bits per heavy atom. The van der Waals surface area contributed by atoms with E-state index < -0.39 is 5.97 Å². The summed E-state index contributed by atoms with van der Waals surface area (Å²) in [5, 5.41) is 0. The number of aromatic nitrogens is 4. The second-order valence-corrected chi connectivity index (χ2v) is 6.51. The van der Waals surface area contributed by atoms with Crippen molar-refractivity contribution in [3.63, 3.8) is 0 Å². The molecule has 9 heteroatoms. The molecule has 1 aliphatic rings. The molecule has 0 saturated carbocycles. The highest BCUT2D eigenvalue weighted by Gasteiger charge is 2.24. The quantitative estimate of drug-likeness (QED) is 0.622. The van der Waals surface area contributed by atoms with Crippen molar-refractivity contribution in [2.24, 2.45) is 0 Å². The summed E-state index contributed by atoms with van der Waals surface area (Å²) in [6.07, 6.45) is 5.01. The summed E-state index contributed by atoms with van der Waals surface area (Å²) in [7, 11) is 0. The van der Waals surface area contributed by atoms with Crippen LogP contribution in [0.1, 0.15) is 16.2 Å². The standard InChI is InChI=1S/C19H20N6O3/c1-14-4-2-5-16-22-15(12-25(14)16)18(27)28-13-17(26)23-8-10-24(11-9-23)19-20-6-3-7-21-19/h2-7,12H,8-11,13H2,1H3. The molecule has 4 heterocycles. The molecule has 0 spiro atoms. The molecule has 144 valence electrons. The van der Waals surface area contributed by atoms with Crippen molar-refractivity contribution in [1.29, 1.82) is 0 Å². The molecule has 0 unspecified atom stereocenters. The van der Waals surface area contributed by atoms with Gasteiger partial charge in [-0.3, -0.25) is 4.79 Å². The number of amides is 1. The number of carbonyl (C=O) groups is 2. The van der Waals surface area contributed by atoms with Crippen molar-refractivity contribution in [2.75, 3.05) is 37.7 Å². The normalized spacial score (nSPS) is 14.3. The van der Waals surface area contributed by atoms with Gasteiger partial charge in [-0.15, -0.1) is 0 Å². The van der Waals surface area contributed by atoms with Crippen LogP contribution in [0.25, 0.3) is 5.65 Å². The molecule has 0 aliphatic carbocycles. The van der Waals surface area contributed by atoms with Gasteiger partial charge in [-0.25, -0.2) is 19.7 Å². The minimum Gasteiger partial charge on any atom is -0.451 e. The number of fused-ring (bicyclic) bond motifs is 1. The van der Waals surface area contributed by atoms with Crippen LogP contribution >= 0.6 is 0 Å². The van der Waals surface area contributed by atoms with E-state index in [9.17, 15) is 9.59 Å². The molecule has 1 amide bonds. The molecule has 0 N–H and O–H groups in total. The van der Waals surface area contributed by atoms with Crippen LogP contribution in [0, 0.1) is 6.92 Å². The number of esters is 1. The average Bonchev–Trinajstić information content (AvgIpc) is 3.18. The largest absolute Gasteiger partial charge is 0.451 e. The molecule has 1 saturated heterocycles. The lowest BCUT2D eigenvalue weighted by molar-refractivity contribution is -0.134. The van der Waals surface area contributed by atoms with E-state index in [1.54, 1.807) is 29.6 Å². The summed E-state index contributed by atoms with van der Waals surface area (Å²) >= 11 is 0. The predicted molar refractivity (Wildman–Crippen MR) is 101 cm³/mol. The van der Waals surface area contributed by atoms with E-state index >= 15 is 0 Å². The maximum absolute atomic E-state index is 12.4. The van der Waals surface area contributed by atoms with Gasteiger partial charge in [-0.05, 0) is 25.1 Å². The second kappa shape index (κ2) is 7.63. The Bertz CT molecular complexity index is 995. The maximum atomic E-state index is 12.4. The number of rotatable bonds is 4. The highest BCUT2D eigenvalue weighted by Crippen LogP contribution is 2.11. The number of hydrogen-bond acceptors (Lipinski definition) is 7. The van der Waals surface area contributed by atoms with Crippen LogP contribution in [0.3, 0.4) is 0 Å². The zero-order valence-corrected chi connectivity index (χ0v) is 15.5. The predicted octanol–water partition coefficient (Wildman–Crippen LogP) is 0.938. The lowest BCUT2D eigenvalue weighted by Crippen LogP contribution is -2.50. The summed E-state index contributed by atoms with van der Waals surface area (Å²) in [6, 6.07) is 7.37. The lowest BCUT2D eigenvalue weighted by atomic mass is 10.3. The van der Waals surface area contributed by atoms with Crippen molar-refractivity contribution < 1.29 is 14.3 Å². The first-order valence-electron chi connectivity index (χ1n) is 9.03. The highest BCUT2D eigenvalue weighted by atomic mass is 16.5. The van der Waals surface area contributed by atoms with E-state index in [0.29, 0.717) is 37.8 Å². The van der Waals surface area contributed by atoms with E-state index in [1.807, 2.05) is 34.4 Å². The van der Waals surface area contributed by atoms with Crippen molar-refractivity contribution in [1.82, 2.24) is 24.3 Å². The van der Waals surface area contributed by atoms with E-state index in [1.165, 1.54) is 0 Å². The number of hydrogen-bond donors (Lipinski definition) is 0. The molecule has 3 aromatic rings. The molecule has 1 fully saturated rings. The van der Waals surface area contributed by atoms with Crippen molar-refractivity contribution >= 4 is 23.5 Å². The van der Waals surface area contributed by atoms with E-state index in [4.69, 9.17) is 4.74 Å². The Balaban J connectivity index is 1.30. The number of pyridine rings is 1. The molecule has 3 aromatic heterocycles. The smallest absolute Gasteiger partial charge is 0.359 e. The van der Waals surface area contributed by atoms with Crippen LogP contribution in [-0.4, -0.2) is 68.9 Å². The van der Waals surface area contributed by atoms with Gasteiger partial charge in [-0.1, -0.05) is 6.07 Å². The third kappa shape index (κ3) is 3.64. The Morgan fingerprint density at radius 2 is 1.82 bits per heavy atom. The molecule has 1 aliphatic heterocycles. The van der Waals surface area contributed by atoms with Crippen molar-refractivity contribution in [2.45, 2.75) is 6.92 Å². The second-order valence-electron chi connectivity index (χ2n) is 6.51. The number of anilines is 1. The Morgan fingerprint density at radius 3 is 2.54 bits per heavy atom. The zero-order valence-electron chi connectivity index (χ0n) is 15.5. The molecule has 0 radical (unpaired) electrons. The van der Waals surface area contributed by atoms with Crippen molar-refractivity contribution in [3.8, 4) is 0 Å². The van der Waals surface area contributed by atoms with Crippen LogP contribution in [0.2, 0.25) is 0 Å². The van der Waals surface area contributed by atoms with Gasteiger partial charge in [0.1, 0.15) is 5.65 Å². The zero-order chi connectivity index (χ0) is 19.5. The Hall–Kier alpha value is -3.49. The molecular formula is C19H20N6O3. The minimum absolute atomic E-state index is 0.188. The monoisotopic (exact) mass is 380 g/mol. The molecule has 0 aromatic carbocycles. The van der Waals surface area contributed by atoms with Gasteiger partial charge in [0.2, 0.25) is 5.95 Å². The topological polar surface area (TPSA) is 92.9 Å². The summed E-state index contributed by atoms with van der Waals surface area (Å²) in [6.45, 7) is 3.95. The number of ether oxygens (including phenoxy) is 1. The van der Waals surface area contributed by atoms with Crippen LogP contribution in [-0.2, 0) is 9.53 Å². The summed E-state index contributed by atoms with van der Waals surface area (Å²) in [4.78, 5) is 41.0. The fourth-order valence-corrected chi connectivity index (χ4v) is 3.15.